The Labute approximate surface area is 186 Å². The molecule has 0 saturated heterocycles. The van der Waals surface area contributed by atoms with Crippen molar-refractivity contribution in [3.05, 3.63) is 59.7 Å². The highest BCUT2D eigenvalue weighted by atomic mass is 32.2. The maximum Gasteiger partial charge on any atom is 0.240 e. The van der Waals surface area contributed by atoms with Crippen molar-refractivity contribution in [1.82, 2.24) is 10.9 Å². The molecular formula is C22H26N4O4S. The van der Waals surface area contributed by atoms with Crippen LogP contribution in [0.1, 0.15) is 24.0 Å². The molecule has 9 heteroatoms. The molecule has 0 atom stereocenters. The van der Waals surface area contributed by atoms with Crippen LogP contribution in [0, 0.1) is 0 Å². The summed E-state index contributed by atoms with van der Waals surface area (Å²) >= 11 is 1.52. The molecule has 2 amide bonds. The normalized spacial score (nSPS) is 10.9. The van der Waals surface area contributed by atoms with Crippen LogP contribution >= 0.6 is 11.8 Å². The Morgan fingerprint density at radius 1 is 0.774 bits per heavy atom. The van der Waals surface area contributed by atoms with Crippen molar-refractivity contribution in [2.75, 3.05) is 25.7 Å². The van der Waals surface area contributed by atoms with Crippen molar-refractivity contribution in [3.8, 4) is 11.5 Å². The van der Waals surface area contributed by atoms with Gasteiger partial charge >= 0.3 is 0 Å². The third kappa shape index (κ3) is 9.81. The zero-order valence-electron chi connectivity index (χ0n) is 17.5. The van der Waals surface area contributed by atoms with Gasteiger partial charge in [-0.15, -0.1) is 0 Å². The maximum absolute atomic E-state index is 11.8. The van der Waals surface area contributed by atoms with Crippen molar-refractivity contribution in [2.24, 2.45) is 10.2 Å². The molecule has 31 heavy (non-hydrogen) atoms. The van der Waals surface area contributed by atoms with Gasteiger partial charge in [-0.3, -0.25) is 9.59 Å². The van der Waals surface area contributed by atoms with E-state index in [4.69, 9.17) is 9.47 Å². The molecule has 2 N–H and O–H groups in total. The molecule has 0 aliphatic heterocycles. The van der Waals surface area contributed by atoms with Crippen LogP contribution in [-0.2, 0) is 9.59 Å². The molecule has 2 aromatic rings. The second-order valence-corrected chi connectivity index (χ2v) is 7.47. The lowest BCUT2D eigenvalue weighted by Gasteiger charge is -2.02. The van der Waals surface area contributed by atoms with Crippen molar-refractivity contribution in [1.29, 1.82) is 0 Å². The predicted octanol–water partition coefficient (Wildman–Crippen LogP) is 2.82. The second-order valence-electron chi connectivity index (χ2n) is 6.25. The van der Waals surface area contributed by atoms with E-state index in [1.54, 1.807) is 26.6 Å². The summed E-state index contributed by atoms with van der Waals surface area (Å²) in [6.07, 6.45) is 3.78. The van der Waals surface area contributed by atoms with Crippen LogP contribution in [0.3, 0.4) is 0 Å². The summed E-state index contributed by atoms with van der Waals surface area (Å²) in [6.45, 7) is 0. The summed E-state index contributed by atoms with van der Waals surface area (Å²) in [5, 5.41) is 7.86. The molecule has 8 nitrogen and oxygen atoms in total. The van der Waals surface area contributed by atoms with Gasteiger partial charge in [-0.2, -0.15) is 22.0 Å². The third-order valence-electron chi connectivity index (χ3n) is 3.98. The van der Waals surface area contributed by atoms with Gasteiger partial charge < -0.3 is 9.47 Å². The quantitative estimate of drug-likeness (QED) is 0.299. The van der Waals surface area contributed by atoms with E-state index in [-0.39, 0.29) is 11.8 Å². The molecule has 0 unspecified atom stereocenters. The third-order valence-corrected chi connectivity index (χ3v) is 4.97. The van der Waals surface area contributed by atoms with Crippen LogP contribution in [-0.4, -0.2) is 50.0 Å². The van der Waals surface area contributed by atoms with Gasteiger partial charge in [0.15, 0.2) is 0 Å². The van der Waals surface area contributed by atoms with Crippen molar-refractivity contribution < 1.29 is 19.1 Å². The van der Waals surface area contributed by atoms with Gasteiger partial charge in [-0.25, -0.2) is 10.9 Å². The fraction of sp³-hybridized carbons (Fsp3) is 0.273. The van der Waals surface area contributed by atoms with E-state index in [9.17, 15) is 9.59 Å². The van der Waals surface area contributed by atoms with E-state index in [0.717, 1.165) is 22.6 Å². The summed E-state index contributed by atoms with van der Waals surface area (Å²) in [5.74, 6) is 2.38. The molecule has 0 bridgehead atoms. The Bertz CT molecular complexity index is 810. The first-order chi connectivity index (χ1) is 15.1. The van der Waals surface area contributed by atoms with Gasteiger partial charge in [-0.05, 0) is 59.7 Å². The number of carbonyl (C=O) groups excluding carboxylic acids is 2. The Hall–Kier alpha value is -3.33. The number of thioether (sulfide) groups is 1. The molecule has 0 fully saturated rings. The Morgan fingerprint density at radius 2 is 1.16 bits per heavy atom. The summed E-state index contributed by atoms with van der Waals surface area (Å²) in [5.41, 5.74) is 6.69. The highest BCUT2D eigenvalue weighted by Crippen LogP contribution is 2.10. The highest BCUT2D eigenvalue weighted by molar-refractivity contribution is 7.99. The second kappa shape index (κ2) is 13.8. The molecular weight excluding hydrogens is 416 g/mol. The predicted molar refractivity (Wildman–Crippen MR) is 124 cm³/mol. The van der Waals surface area contributed by atoms with Crippen LogP contribution in [0.4, 0.5) is 0 Å². The molecule has 0 radical (unpaired) electrons. The Kier molecular flexibility index (Phi) is 10.7. The highest BCUT2D eigenvalue weighted by Gasteiger charge is 2.02. The number of hydrogen-bond acceptors (Lipinski definition) is 7. The minimum atomic E-state index is -0.175. The maximum atomic E-state index is 11.8. The average Bonchev–Trinajstić information content (AvgIpc) is 2.80. The number of amides is 2. The van der Waals surface area contributed by atoms with Crippen LogP contribution in [0.2, 0.25) is 0 Å². The Morgan fingerprint density at radius 3 is 1.52 bits per heavy atom. The zero-order chi connectivity index (χ0) is 22.3. The molecule has 164 valence electrons. The van der Waals surface area contributed by atoms with Gasteiger partial charge in [0.1, 0.15) is 11.5 Å². The fourth-order valence-electron chi connectivity index (χ4n) is 2.28. The molecule has 0 aromatic heterocycles. The number of carbonyl (C=O) groups is 2. The van der Waals surface area contributed by atoms with Gasteiger partial charge in [-0.1, -0.05) is 0 Å². The van der Waals surface area contributed by atoms with Gasteiger partial charge in [0.2, 0.25) is 11.8 Å². The lowest BCUT2D eigenvalue weighted by Crippen LogP contribution is -2.19. The van der Waals surface area contributed by atoms with Gasteiger partial charge in [0.25, 0.3) is 0 Å². The molecule has 2 rings (SSSR count). The molecule has 0 aliphatic rings. The van der Waals surface area contributed by atoms with Crippen molar-refractivity contribution in [2.45, 2.75) is 12.8 Å². The molecule has 0 heterocycles. The lowest BCUT2D eigenvalue weighted by molar-refractivity contribution is -0.121. The van der Waals surface area contributed by atoms with Crippen molar-refractivity contribution >= 4 is 36.0 Å². The first-order valence-electron chi connectivity index (χ1n) is 9.60. The molecule has 0 saturated carbocycles. The van der Waals surface area contributed by atoms with E-state index >= 15 is 0 Å². The van der Waals surface area contributed by atoms with Crippen LogP contribution in [0.15, 0.2) is 58.7 Å². The first-order valence-corrected chi connectivity index (χ1v) is 10.8. The van der Waals surface area contributed by atoms with E-state index in [1.807, 2.05) is 48.5 Å². The largest absolute Gasteiger partial charge is 0.497 e. The molecule has 0 spiro atoms. The van der Waals surface area contributed by atoms with E-state index in [1.165, 1.54) is 11.8 Å². The topological polar surface area (TPSA) is 101 Å². The number of nitrogens with zero attached hydrogens (tertiary/aromatic N) is 2. The first kappa shape index (κ1) is 23.9. The minimum Gasteiger partial charge on any atom is -0.497 e. The van der Waals surface area contributed by atoms with Gasteiger partial charge in [0, 0.05) is 24.3 Å². The number of hydrogen-bond donors (Lipinski definition) is 2. The SMILES string of the molecule is COc1ccc(C=NNC(=O)CCSCCC(=O)NN=Cc2ccc(OC)cc2)cc1. The fourth-order valence-corrected chi connectivity index (χ4v) is 3.14. The van der Waals surface area contributed by atoms with E-state index < -0.39 is 0 Å². The number of rotatable bonds is 12. The molecule has 0 aliphatic carbocycles. The van der Waals surface area contributed by atoms with Crippen LogP contribution in [0.25, 0.3) is 0 Å². The number of nitrogens with one attached hydrogen (secondary N) is 2. The summed E-state index contributed by atoms with van der Waals surface area (Å²) in [4.78, 5) is 23.6. The number of hydrazone groups is 2. The molecule has 2 aromatic carbocycles. The van der Waals surface area contributed by atoms with Crippen molar-refractivity contribution in [3.63, 3.8) is 0 Å². The van der Waals surface area contributed by atoms with Gasteiger partial charge in [0.05, 0.1) is 26.6 Å². The van der Waals surface area contributed by atoms with E-state index in [2.05, 4.69) is 21.1 Å². The summed E-state index contributed by atoms with van der Waals surface area (Å²) in [7, 11) is 3.21. The number of benzene rings is 2. The van der Waals surface area contributed by atoms with Crippen LogP contribution in [0.5, 0.6) is 11.5 Å². The average molecular weight is 443 g/mol. The number of methoxy groups -OCH3 is 2. The number of ether oxygens (including phenoxy) is 2. The van der Waals surface area contributed by atoms with Crippen LogP contribution < -0.4 is 20.3 Å². The standard InChI is InChI=1S/C22H26N4O4S/c1-29-19-7-3-17(4-8-19)15-23-25-21(27)11-13-31-14-12-22(28)26-24-16-18-5-9-20(30-2)10-6-18/h3-10,15-16H,11-14H2,1-2H3,(H,25,27)(H,26,28). The Balaban J connectivity index is 1.54. The summed E-state index contributed by atoms with van der Waals surface area (Å²) in [6, 6.07) is 14.7. The summed E-state index contributed by atoms with van der Waals surface area (Å²) < 4.78 is 10.2. The zero-order valence-corrected chi connectivity index (χ0v) is 18.4. The minimum absolute atomic E-state index is 0.175. The van der Waals surface area contributed by atoms with E-state index in [0.29, 0.717) is 24.3 Å². The monoisotopic (exact) mass is 442 g/mol. The smallest absolute Gasteiger partial charge is 0.240 e. The lowest BCUT2D eigenvalue weighted by atomic mass is 10.2.